The van der Waals surface area contributed by atoms with Gasteiger partial charge in [0, 0.05) is 0 Å². The molecule has 0 radical (unpaired) electrons. The molecule has 0 bridgehead atoms. The van der Waals surface area contributed by atoms with Gasteiger partial charge in [-0.25, -0.2) is 0 Å². The molecular formula is C7H9AsO. The Morgan fingerprint density at radius 2 is 1.78 bits per heavy atom. The number of aliphatic hydroxyl groups excluding tert-OH is 1. The predicted molar refractivity (Wildman–Crippen MR) is 40.5 cm³/mol. The molecule has 0 aromatic heterocycles. The monoisotopic (exact) mass is 184 g/mol. The zero-order valence-corrected chi connectivity index (χ0v) is 7.46. The molecule has 2 heteroatoms. The molecule has 0 saturated carbocycles. The van der Waals surface area contributed by atoms with Crippen LogP contribution in [0.2, 0.25) is 0 Å². The van der Waals surface area contributed by atoms with E-state index in [0.29, 0.717) is 0 Å². The van der Waals surface area contributed by atoms with Gasteiger partial charge in [-0.05, 0) is 0 Å². The zero-order valence-electron chi connectivity index (χ0n) is 5.04. The van der Waals surface area contributed by atoms with Crippen molar-refractivity contribution in [2.24, 2.45) is 0 Å². The molecule has 0 amide bonds. The molecular weight excluding hydrogens is 175 g/mol. The van der Waals surface area contributed by atoms with Crippen LogP contribution in [0.3, 0.4) is 0 Å². The van der Waals surface area contributed by atoms with Crippen LogP contribution in [0.1, 0.15) is 5.56 Å². The summed E-state index contributed by atoms with van der Waals surface area (Å²) in [4.78, 5) is 0. The van der Waals surface area contributed by atoms with E-state index in [1.165, 1.54) is 4.35 Å². The fourth-order valence-electron chi connectivity index (χ4n) is 0.623. The van der Waals surface area contributed by atoms with E-state index in [1.54, 1.807) is 16.9 Å². The molecule has 0 heterocycles. The summed E-state index contributed by atoms with van der Waals surface area (Å²) in [6.45, 7) is 0.146. The molecule has 9 heavy (non-hydrogen) atoms. The fraction of sp³-hybridized carbons (Fsp3) is 0.143. The Morgan fingerprint density at radius 1 is 1.22 bits per heavy atom. The van der Waals surface area contributed by atoms with Crippen molar-refractivity contribution in [3.05, 3.63) is 29.8 Å². The van der Waals surface area contributed by atoms with Crippen LogP contribution in [0.5, 0.6) is 0 Å². The SMILES string of the molecule is OCc1ccc([AsH2])cc1. The summed E-state index contributed by atoms with van der Waals surface area (Å²) >= 11 is 1.61. The van der Waals surface area contributed by atoms with Crippen LogP contribution in [0, 0.1) is 0 Å². The van der Waals surface area contributed by atoms with Gasteiger partial charge in [0.2, 0.25) is 0 Å². The van der Waals surface area contributed by atoms with Crippen LogP contribution in [-0.4, -0.2) is 22.0 Å². The molecule has 0 spiro atoms. The molecule has 0 aliphatic carbocycles. The summed E-state index contributed by atoms with van der Waals surface area (Å²) in [7, 11) is 0. The van der Waals surface area contributed by atoms with Crippen LogP contribution in [0.25, 0.3) is 0 Å². The Labute approximate surface area is 63.2 Å². The summed E-state index contributed by atoms with van der Waals surface area (Å²) in [5.74, 6) is 0. The number of benzene rings is 1. The second-order valence-corrected chi connectivity index (χ2v) is 3.30. The Kier molecular flexibility index (Phi) is 2.32. The minimum atomic E-state index is 0.146. The Balaban J connectivity index is 2.88. The standard InChI is InChI=1S/C7H9AsO/c8-7-3-1-6(5-9)2-4-7/h1-4,9H,5,8H2. The molecule has 0 aliphatic rings. The first-order valence-corrected chi connectivity index (χ1v) is 3.99. The van der Waals surface area contributed by atoms with Gasteiger partial charge in [-0.3, -0.25) is 0 Å². The van der Waals surface area contributed by atoms with Gasteiger partial charge in [-0.15, -0.1) is 0 Å². The minimum absolute atomic E-state index is 0.146. The summed E-state index contributed by atoms with van der Waals surface area (Å²) in [6.07, 6.45) is 0. The molecule has 1 aromatic rings. The third kappa shape index (κ3) is 1.85. The summed E-state index contributed by atoms with van der Waals surface area (Å²) in [5, 5.41) is 8.63. The van der Waals surface area contributed by atoms with E-state index in [0.717, 1.165) is 5.56 Å². The van der Waals surface area contributed by atoms with Crippen molar-refractivity contribution in [3.8, 4) is 0 Å². The van der Waals surface area contributed by atoms with Crippen molar-refractivity contribution >= 4 is 21.2 Å². The average Bonchev–Trinajstić information content (AvgIpc) is 1.90. The molecule has 1 atom stereocenters. The molecule has 1 N–H and O–H groups in total. The maximum absolute atomic E-state index is 8.63. The predicted octanol–water partition coefficient (Wildman–Crippen LogP) is -0.563. The van der Waals surface area contributed by atoms with Crippen molar-refractivity contribution in [3.63, 3.8) is 0 Å². The van der Waals surface area contributed by atoms with Gasteiger partial charge in [0.05, 0.1) is 0 Å². The van der Waals surface area contributed by atoms with Crippen LogP contribution in [-0.2, 0) is 6.61 Å². The normalized spacial score (nSPS) is 9.56. The third-order valence-electron chi connectivity index (χ3n) is 1.16. The number of hydrogen-bond donors (Lipinski definition) is 1. The molecule has 0 saturated heterocycles. The van der Waals surface area contributed by atoms with Gasteiger partial charge in [0.15, 0.2) is 0 Å². The first-order chi connectivity index (χ1) is 4.33. The second-order valence-electron chi connectivity index (χ2n) is 1.90. The molecule has 1 aromatic carbocycles. The first-order valence-electron chi connectivity index (χ1n) is 2.78. The number of aliphatic hydroxyl groups is 1. The topological polar surface area (TPSA) is 20.2 Å². The quantitative estimate of drug-likeness (QED) is 0.580. The van der Waals surface area contributed by atoms with E-state index >= 15 is 0 Å². The third-order valence-corrected chi connectivity index (χ3v) is 1.97. The van der Waals surface area contributed by atoms with Crippen molar-refractivity contribution < 1.29 is 5.11 Å². The molecule has 1 unspecified atom stereocenters. The molecule has 48 valence electrons. The fourth-order valence-corrected chi connectivity index (χ4v) is 1.03. The zero-order chi connectivity index (χ0) is 6.69. The van der Waals surface area contributed by atoms with Crippen molar-refractivity contribution in [2.45, 2.75) is 6.61 Å². The van der Waals surface area contributed by atoms with Gasteiger partial charge in [0.1, 0.15) is 0 Å². The van der Waals surface area contributed by atoms with Crippen LogP contribution < -0.4 is 4.35 Å². The molecule has 1 rings (SSSR count). The Morgan fingerprint density at radius 3 is 2.22 bits per heavy atom. The molecule has 0 aliphatic heterocycles. The first kappa shape index (κ1) is 6.85. The van der Waals surface area contributed by atoms with Crippen molar-refractivity contribution in [1.29, 1.82) is 0 Å². The number of rotatable bonds is 1. The van der Waals surface area contributed by atoms with Crippen LogP contribution in [0.15, 0.2) is 24.3 Å². The van der Waals surface area contributed by atoms with Crippen molar-refractivity contribution in [1.82, 2.24) is 0 Å². The van der Waals surface area contributed by atoms with Crippen LogP contribution in [0.4, 0.5) is 0 Å². The summed E-state index contributed by atoms with van der Waals surface area (Å²) in [6, 6.07) is 7.92. The van der Waals surface area contributed by atoms with Gasteiger partial charge in [-0.2, -0.15) is 0 Å². The average molecular weight is 184 g/mol. The van der Waals surface area contributed by atoms with E-state index in [1.807, 2.05) is 24.3 Å². The van der Waals surface area contributed by atoms with Gasteiger partial charge in [-0.1, -0.05) is 0 Å². The second kappa shape index (κ2) is 3.05. The van der Waals surface area contributed by atoms with Gasteiger partial charge < -0.3 is 0 Å². The molecule has 0 fully saturated rings. The van der Waals surface area contributed by atoms with E-state index in [2.05, 4.69) is 0 Å². The Bertz CT molecular complexity index is 181. The van der Waals surface area contributed by atoms with Crippen LogP contribution >= 0.6 is 0 Å². The maximum atomic E-state index is 8.63. The van der Waals surface area contributed by atoms with Gasteiger partial charge >= 0.3 is 62.7 Å². The number of hydrogen-bond acceptors (Lipinski definition) is 1. The molecule has 1 nitrogen and oxygen atoms in total. The van der Waals surface area contributed by atoms with Crippen molar-refractivity contribution in [2.75, 3.05) is 0 Å². The van der Waals surface area contributed by atoms with E-state index in [-0.39, 0.29) is 6.61 Å². The summed E-state index contributed by atoms with van der Waals surface area (Å²) < 4.78 is 1.29. The Hall–Kier alpha value is -0.262. The van der Waals surface area contributed by atoms with E-state index in [9.17, 15) is 0 Å². The van der Waals surface area contributed by atoms with E-state index in [4.69, 9.17) is 5.11 Å². The summed E-state index contributed by atoms with van der Waals surface area (Å²) in [5.41, 5.74) is 0.983. The van der Waals surface area contributed by atoms with E-state index < -0.39 is 0 Å². The van der Waals surface area contributed by atoms with Gasteiger partial charge in [0.25, 0.3) is 0 Å².